The van der Waals surface area contributed by atoms with E-state index in [1.807, 2.05) is 6.07 Å². The van der Waals surface area contributed by atoms with Crippen molar-refractivity contribution in [1.29, 1.82) is 0 Å². The Labute approximate surface area is 168 Å². The summed E-state index contributed by atoms with van der Waals surface area (Å²) in [5.74, 6) is 6.00. The molecule has 4 nitrogen and oxygen atoms in total. The van der Waals surface area contributed by atoms with Crippen LogP contribution in [-0.4, -0.2) is 22.7 Å². The molecule has 1 aromatic rings. The maximum Gasteiger partial charge on any atom is 0.219 e. The second-order valence-electron chi connectivity index (χ2n) is 7.06. The van der Waals surface area contributed by atoms with Crippen LogP contribution in [0.5, 0.6) is 0 Å². The highest BCUT2D eigenvalue weighted by molar-refractivity contribution is 7.12. The normalized spacial score (nSPS) is 12.9. The topological polar surface area (TPSA) is 69.6 Å². The van der Waals surface area contributed by atoms with Gasteiger partial charge in [-0.05, 0) is 18.6 Å². The van der Waals surface area contributed by atoms with Crippen LogP contribution in [0.1, 0.15) is 94.2 Å². The van der Waals surface area contributed by atoms with Gasteiger partial charge in [0.1, 0.15) is 0 Å². The lowest BCUT2D eigenvalue weighted by molar-refractivity contribution is -0.128. The molecule has 1 atom stereocenters. The fourth-order valence-corrected chi connectivity index (χ4v) is 3.96. The summed E-state index contributed by atoms with van der Waals surface area (Å²) in [5, 5.41) is 22.3. The van der Waals surface area contributed by atoms with E-state index in [0.717, 1.165) is 17.7 Å². The minimum atomic E-state index is -1.53. The second-order valence-corrected chi connectivity index (χ2v) is 8.14. The Morgan fingerprint density at radius 3 is 2.33 bits per heavy atom. The summed E-state index contributed by atoms with van der Waals surface area (Å²) in [4.78, 5) is 12.8. The zero-order chi connectivity index (χ0) is 20.0. The Hall–Kier alpha value is -1.35. The molecule has 1 heterocycles. The summed E-state index contributed by atoms with van der Waals surface area (Å²) >= 11 is 1.35. The molecule has 1 unspecified atom stereocenters. The molecule has 5 heteroatoms. The monoisotopic (exact) mass is 393 g/mol. The average molecular weight is 394 g/mol. The number of carbonyl (C=O) groups is 1. The van der Waals surface area contributed by atoms with Crippen LogP contribution in [-0.2, 0) is 10.5 Å². The van der Waals surface area contributed by atoms with E-state index >= 15 is 0 Å². The van der Waals surface area contributed by atoms with Crippen LogP contribution in [0, 0.1) is 11.8 Å². The lowest BCUT2D eigenvalue weighted by atomic mass is 10.1. The summed E-state index contributed by atoms with van der Waals surface area (Å²) in [6.07, 6.45) is 12.7. The number of thiophene rings is 1. The first-order valence-corrected chi connectivity index (χ1v) is 11.0. The lowest BCUT2D eigenvalue weighted by Gasteiger charge is -2.26. The Kier molecular flexibility index (Phi) is 12.1. The number of amides is 1. The molecule has 3 N–H and O–H groups in total. The third-order valence-corrected chi connectivity index (χ3v) is 5.64. The second kappa shape index (κ2) is 13.8. The summed E-state index contributed by atoms with van der Waals surface area (Å²) in [6, 6.07) is 3.62. The van der Waals surface area contributed by atoms with E-state index in [0.29, 0.717) is 4.88 Å². The molecule has 152 valence electrons. The van der Waals surface area contributed by atoms with Gasteiger partial charge in [-0.3, -0.25) is 4.79 Å². The molecule has 0 saturated heterocycles. The highest BCUT2D eigenvalue weighted by atomic mass is 32.1. The molecule has 0 aromatic carbocycles. The SMILES string of the molecule is CCCCCCCCCCCC#Cc1ccc(C(O)(CCO)NC(C)=O)s1. The van der Waals surface area contributed by atoms with E-state index in [1.165, 1.54) is 69.6 Å². The maximum atomic E-state index is 11.3. The number of aliphatic hydroxyl groups is 2. The minimum Gasteiger partial charge on any atom is -0.396 e. The molecule has 0 aliphatic heterocycles. The van der Waals surface area contributed by atoms with Crippen LogP contribution in [0.3, 0.4) is 0 Å². The Balaban J connectivity index is 2.33. The smallest absolute Gasteiger partial charge is 0.219 e. The van der Waals surface area contributed by atoms with Gasteiger partial charge in [0, 0.05) is 26.4 Å². The van der Waals surface area contributed by atoms with E-state index in [2.05, 4.69) is 24.1 Å². The number of hydrogen-bond donors (Lipinski definition) is 3. The van der Waals surface area contributed by atoms with Crippen molar-refractivity contribution >= 4 is 17.2 Å². The van der Waals surface area contributed by atoms with E-state index in [-0.39, 0.29) is 18.9 Å². The van der Waals surface area contributed by atoms with Gasteiger partial charge in [0.25, 0.3) is 0 Å². The largest absolute Gasteiger partial charge is 0.396 e. The molecule has 0 spiro atoms. The number of carbonyl (C=O) groups excluding carboxylic acids is 1. The molecule has 1 amide bonds. The highest BCUT2D eigenvalue weighted by Gasteiger charge is 2.31. The fraction of sp³-hybridized carbons (Fsp3) is 0.682. The maximum absolute atomic E-state index is 11.3. The zero-order valence-corrected chi connectivity index (χ0v) is 17.7. The predicted octanol–water partition coefficient (Wildman–Crippen LogP) is 4.68. The summed E-state index contributed by atoms with van der Waals surface area (Å²) in [5.41, 5.74) is -1.53. The van der Waals surface area contributed by atoms with Crippen molar-refractivity contribution in [3.8, 4) is 11.8 Å². The van der Waals surface area contributed by atoms with E-state index < -0.39 is 5.72 Å². The van der Waals surface area contributed by atoms with Crippen LogP contribution in [0.15, 0.2) is 12.1 Å². The Bertz CT molecular complexity index is 602. The zero-order valence-electron chi connectivity index (χ0n) is 16.9. The van der Waals surface area contributed by atoms with Crippen molar-refractivity contribution in [2.24, 2.45) is 0 Å². The van der Waals surface area contributed by atoms with Gasteiger partial charge in [0.15, 0.2) is 5.72 Å². The molecule has 0 radical (unpaired) electrons. The van der Waals surface area contributed by atoms with Crippen LogP contribution >= 0.6 is 11.3 Å². The Morgan fingerprint density at radius 1 is 1.11 bits per heavy atom. The van der Waals surface area contributed by atoms with E-state index in [1.54, 1.807) is 6.07 Å². The van der Waals surface area contributed by atoms with Gasteiger partial charge in [0.2, 0.25) is 5.91 Å². The molecule has 1 aromatic heterocycles. The van der Waals surface area contributed by atoms with Gasteiger partial charge in [-0.1, -0.05) is 70.1 Å². The van der Waals surface area contributed by atoms with Crippen molar-refractivity contribution in [3.05, 3.63) is 21.9 Å². The Morgan fingerprint density at radius 2 is 1.74 bits per heavy atom. The number of aliphatic hydroxyl groups excluding tert-OH is 1. The highest BCUT2D eigenvalue weighted by Crippen LogP contribution is 2.29. The standard InChI is InChI=1S/C22H35NO3S/c1-3-4-5-6-7-8-9-10-11-12-13-14-20-15-16-21(27-20)22(26,17-18-24)23-19(2)25/h15-16,24,26H,3-12,17-18H2,1-2H3,(H,23,25). The van der Waals surface area contributed by atoms with Crippen LogP contribution in [0.25, 0.3) is 0 Å². The molecule has 1 rings (SSSR count). The molecule has 27 heavy (non-hydrogen) atoms. The molecule has 0 aliphatic carbocycles. The first kappa shape index (κ1) is 23.7. The van der Waals surface area contributed by atoms with Crippen molar-refractivity contribution in [1.82, 2.24) is 5.32 Å². The van der Waals surface area contributed by atoms with Gasteiger partial charge in [-0.2, -0.15) is 0 Å². The fourth-order valence-electron chi connectivity index (χ4n) is 3.00. The molecule has 0 saturated carbocycles. The average Bonchev–Trinajstić information content (AvgIpc) is 3.09. The van der Waals surface area contributed by atoms with Crippen molar-refractivity contribution in [2.75, 3.05) is 6.61 Å². The van der Waals surface area contributed by atoms with Crippen molar-refractivity contribution < 1.29 is 15.0 Å². The molecular weight excluding hydrogens is 358 g/mol. The van der Waals surface area contributed by atoms with Gasteiger partial charge < -0.3 is 15.5 Å². The summed E-state index contributed by atoms with van der Waals surface area (Å²) in [7, 11) is 0. The van der Waals surface area contributed by atoms with Gasteiger partial charge in [-0.15, -0.1) is 11.3 Å². The number of unbranched alkanes of at least 4 members (excludes halogenated alkanes) is 9. The quantitative estimate of drug-likeness (QED) is 0.259. The first-order chi connectivity index (χ1) is 13.0. The third-order valence-electron chi connectivity index (χ3n) is 4.49. The molecule has 0 aliphatic rings. The summed E-state index contributed by atoms with van der Waals surface area (Å²) < 4.78 is 0. The van der Waals surface area contributed by atoms with Crippen LogP contribution in [0.2, 0.25) is 0 Å². The number of hydrogen-bond acceptors (Lipinski definition) is 4. The van der Waals surface area contributed by atoms with Gasteiger partial charge in [0.05, 0.1) is 9.75 Å². The lowest BCUT2D eigenvalue weighted by Crippen LogP contribution is -2.45. The minimum absolute atomic E-state index is 0.0540. The first-order valence-electron chi connectivity index (χ1n) is 10.2. The van der Waals surface area contributed by atoms with Crippen LogP contribution in [0.4, 0.5) is 0 Å². The summed E-state index contributed by atoms with van der Waals surface area (Å²) in [6.45, 7) is 3.38. The third kappa shape index (κ3) is 9.95. The van der Waals surface area contributed by atoms with Gasteiger partial charge >= 0.3 is 0 Å². The van der Waals surface area contributed by atoms with Crippen LogP contribution < -0.4 is 5.32 Å². The molecule has 0 bridgehead atoms. The predicted molar refractivity (Wildman–Crippen MR) is 112 cm³/mol. The molecule has 0 fully saturated rings. The van der Waals surface area contributed by atoms with E-state index in [4.69, 9.17) is 5.11 Å². The number of rotatable bonds is 13. The van der Waals surface area contributed by atoms with Crippen molar-refractivity contribution in [3.63, 3.8) is 0 Å². The van der Waals surface area contributed by atoms with Gasteiger partial charge in [-0.25, -0.2) is 0 Å². The van der Waals surface area contributed by atoms with E-state index in [9.17, 15) is 9.90 Å². The number of nitrogens with one attached hydrogen (secondary N) is 1. The van der Waals surface area contributed by atoms with Crippen molar-refractivity contribution in [2.45, 2.75) is 90.2 Å². The molecular formula is C22H35NO3S.